The van der Waals surface area contributed by atoms with Crippen molar-refractivity contribution in [3.8, 4) is 5.82 Å². The summed E-state index contributed by atoms with van der Waals surface area (Å²) in [6.45, 7) is 10.2. The summed E-state index contributed by atoms with van der Waals surface area (Å²) in [4.78, 5) is 23.6. The van der Waals surface area contributed by atoms with Gasteiger partial charge in [0.2, 0.25) is 5.91 Å². The molecule has 1 aromatic carbocycles. The molecule has 4 heterocycles. The molecule has 1 fully saturated rings. The van der Waals surface area contributed by atoms with Crippen LogP contribution in [0.1, 0.15) is 59.2 Å². The van der Waals surface area contributed by atoms with Crippen molar-refractivity contribution < 1.29 is 4.79 Å². The monoisotopic (exact) mass is 524 g/mol. The highest BCUT2D eigenvalue weighted by Gasteiger charge is 2.42. The van der Waals surface area contributed by atoms with Crippen LogP contribution in [-0.4, -0.2) is 25.6 Å². The van der Waals surface area contributed by atoms with E-state index < -0.39 is 0 Å². The second-order valence-electron chi connectivity index (χ2n) is 9.70. The van der Waals surface area contributed by atoms with Crippen molar-refractivity contribution in [2.24, 2.45) is 0 Å². The molecule has 2 N–H and O–H groups in total. The molecule has 38 heavy (non-hydrogen) atoms. The lowest BCUT2D eigenvalue weighted by atomic mass is 9.96. The number of nitrogens with one attached hydrogen (secondary N) is 2. The second-order valence-corrected chi connectivity index (χ2v) is 10.1. The molecule has 0 bridgehead atoms. The minimum atomic E-state index is -0.151. The van der Waals surface area contributed by atoms with Crippen LogP contribution >= 0.6 is 12.2 Å². The van der Waals surface area contributed by atoms with E-state index in [-0.39, 0.29) is 18.0 Å². The molecular formula is C30H32N6OS. The standard InChI is InChI=1S/C30H32N6OS/c1-6-26(37)33-24-13-12-22(16-19(24)3)36-28(27(34-30(36)38)25-11-7-8-14-31-25)23-17-20(4)35(21(23)5)29-18(2)10-9-15-32-29/h7-17,27-28H,6H2,1-5H3,(H,33,37)(H,34,38)/t27-,28-/m1/s1. The van der Waals surface area contributed by atoms with Crippen LogP contribution in [0.2, 0.25) is 0 Å². The molecule has 1 aliphatic rings. The largest absolute Gasteiger partial charge is 0.351 e. The molecule has 4 aromatic rings. The fraction of sp³-hybridized carbons (Fsp3) is 0.267. The Morgan fingerprint density at radius 2 is 1.79 bits per heavy atom. The van der Waals surface area contributed by atoms with Crippen molar-refractivity contribution in [3.05, 3.63) is 101 Å². The molecule has 0 aliphatic carbocycles. The summed E-state index contributed by atoms with van der Waals surface area (Å²) in [5.41, 5.74) is 8.13. The molecule has 5 rings (SSSR count). The molecule has 0 saturated carbocycles. The van der Waals surface area contributed by atoms with Gasteiger partial charge in [0.15, 0.2) is 5.11 Å². The summed E-state index contributed by atoms with van der Waals surface area (Å²) in [6, 6.07) is 18.0. The summed E-state index contributed by atoms with van der Waals surface area (Å²) >= 11 is 5.94. The molecule has 0 spiro atoms. The fourth-order valence-corrected chi connectivity index (χ4v) is 5.60. The SMILES string of the molecule is CCC(=O)Nc1ccc(N2C(=S)N[C@H](c3ccccn3)[C@H]2c2cc(C)n(-c3ncccc3C)c2C)cc1C. The molecule has 0 radical (unpaired) electrons. The Kier molecular flexibility index (Phi) is 6.99. The first kappa shape index (κ1) is 25.6. The van der Waals surface area contributed by atoms with Crippen LogP contribution < -0.4 is 15.5 Å². The number of carbonyl (C=O) groups is 1. The van der Waals surface area contributed by atoms with Gasteiger partial charge in [0.25, 0.3) is 0 Å². The quantitative estimate of drug-likeness (QED) is 0.300. The van der Waals surface area contributed by atoms with E-state index in [1.807, 2.05) is 62.6 Å². The van der Waals surface area contributed by atoms with Gasteiger partial charge in [-0.3, -0.25) is 9.78 Å². The molecule has 1 saturated heterocycles. The Labute approximate surface area is 228 Å². The van der Waals surface area contributed by atoms with E-state index in [2.05, 4.69) is 64.1 Å². The predicted octanol–water partition coefficient (Wildman–Crippen LogP) is 6.03. The molecule has 2 atom stereocenters. The Balaban J connectivity index is 1.64. The van der Waals surface area contributed by atoms with E-state index in [0.29, 0.717) is 11.5 Å². The second kappa shape index (κ2) is 10.4. The van der Waals surface area contributed by atoms with Crippen LogP contribution in [0.5, 0.6) is 0 Å². The van der Waals surface area contributed by atoms with Crippen molar-refractivity contribution >= 4 is 34.6 Å². The van der Waals surface area contributed by atoms with Gasteiger partial charge >= 0.3 is 0 Å². The number of rotatable bonds is 6. The highest BCUT2D eigenvalue weighted by Crippen LogP contribution is 2.44. The third kappa shape index (κ3) is 4.56. The minimum absolute atomic E-state index is 0.00967. The fourth-order valence-electron chi connectivity index (χ4n) is 5.25. The number of thiocarbonyl (C=S) groups is 1. The van der Waals surface area contributed by atoms with Gasteiger partial charge in [0.1, 0.15) is 5.82 Å². The molecular weight excluding hydrogens is 492 g/mol. The van der Waals surface area contributed by atoms with Crippen LogP contribution in [0.4, 0.5) is 11.4 Å². The van der Waals surface area contributed by atoms with Gasteiger partial charge in [0, 0.05) is 41.6 Å². The number of aryl methyl sites for hydroxylation is 3. The average Bonchev–Trinajstić information content (AvgIpc) is 3.41. The highest BCUT2D eigenvalue weighted by atomic mass is 32.1. The number of anilines is 2. The number of pyridine rings is 2. The normalized spacial score (nSPS) is 17.0. The highest BCUT2D eigenvalue weighted by molar-refractivity contribution is 7.80. The number of hydrogen-bond donors (Lipinski definition) is 2. The summed E-state index contributed by atoms with van der Waals surface area (Å²) in [6.07, 6.45) is 4.08. The third-order valence-corrected chi connectivity index (χ3v) is 7.48. The van der Waals surface area contributed by atoms with Gasteiger partial charge in [-0.1, -0.05) is 19.1 Å². The number of amides is 1. The molecule has 194 valence electrons. The lowest BCUT2D eigenvalue weighted by Crippen LogP contribution is -2.29. The molecule has 1 aliphatic heterocycles. The summed E-state index contributed by atoms with van der Waals surface area (Å²) in [7, 11) is 0. The maximum atomic E-state index is 12.0. The van der Waals surface area contributed by atoms with Crippen LogP contribution in [0.3, 0.4) is 0 Å². The zero-order valence-electron chi connectivity index (χ0n) is 22.3. The predicted molar refractivity (Wildman–Crippen MR) is 156 cm³/mol. The number of nitrogens with zero attached hydrogens (tertiary/aromatic N) is 4. The van der Waals surface area contributed by atoms with Crippen molar-refractivity contribution in [2.75, 3.05) is 10.2 Å². The Morgan fingerprint density at radius 3 is 2.47 bits per heavy atom. The van der Waals surface area contributed by atoms with E-state index in [4.69, 9.17) is 17.2 Å². The Bertz CT molecular complexity index is 1510. The molecule has 0 unspecified atom stereocenters. The van der Waals surface area contributed by atoms with Crippen molar-refractivity contribution in [1.82, 2.24) is 19.9 Å². The maximum absolute atomic E-state index is 12.0. The van der Waals surface area contributed by atoms with Crippen molar-refractivity contribution in [3.63, 3.8) is 0 Å². The van der Waals surface area contributed by atoms with Gasteiger partial charge in [-0.25, -0.2) is 4.98 Å². The van der Waals surface area contributed by atoms with Crippen LogP contribution in [0.15, 0.2) is 67.0 Å². The summed E-state index contributed by atoms with van der Waals surface area (Å²) < 4.78 is 2.22. The number of benzene rings is 1. The van der Waals surface area contributed by atoms with E-state index in [9.17, 15) is 4.79 Å². The lowest BCUT2D eigenvalue weighted by molar-refractivity contribution is -0.115. The van der Waals surface area contributed by atoms with E-state index >= 15 is 0 Å². The van der Waals surface area contributed by atoms with Gasteiger partial charge in [-0.05, 0) is 99.1 Å². The zero-order chi connectivity index (χ0) is 27.0. The molecule has 7 nitrogen and oxygen atoms in total. The molecule has 3 aromatic heterocycles. The third-order valence-electron chi connectivity index (χ3n) is 7.16. The van der Waals surface area contributed by atoms with Crippen molar-refractivity contribution in [2.45, 2.75) is 53.1 Å². The number of hydrogen-bond acceptors (Lipinski definition) is 4. The smallest absolute Gasteiger partial charge is 0.224 e. The first-order chi connectivity index (χ1) is 18.3. The first-order valence-corrected chi connectivity index (χ1v) is 13.2. The van der Waals surface area contributed by atoms with Gasteiger partial charge < -0.3 is 20.1 Å². The van der Waals surface area contributed by atoms with Crippen LogP contribution in [0, 0.1) is 27.7 Å². The Morgan fingerprint density at radius 1 is 1.00 bits per heavy atom. The van der Waals surface area contributed by atoms with Gasteiger partial charge in [-0.15, -0.1) is 0 Å². The molecule has 1 amide bonds. The minimum Gasteiger partial charge on any atom is -0.351 e. The Hall–Kier alpha value is -4.04. The average molecular weight is 525 g/mol. The lowest BCUT2D eigenvalue weighted by Gasteiger charge is -2.29. The van der Waals surface area contributed by atoms with E-state index in [1.54, 1.807) is 0 Å². The van der Waals surface area contributed by atoms with Gasteiger partial charge in [-0.2, -0.15) is 0 Å². The maximum Gasteiger partial charge on any atom is 0.224 e. The number of carbonyl (C=O) groups excluding carboxylic acids is 1. The summed E-state index contributed by atoms with van der Waals surface area (Å²) in [5, 5.41) is 7.17. The van der Waals surface area contributed by atoms with Crippen molar-refractivity contribution in [1.29, 1.82) is 0 Å². The number of aromatic nitrogens is 3. The van der Waals surface area contributed by atoms with Gasteiger partial charge in [0.05, 0.1) is 17.8 Å². The first-order valence-electron chi connectivity index (χ1n) is 12.8. The molecule has 8 heteroatoms. The topological polar surface area (TPSA) is 75.1 Å². The van der Waals surface area contributed by atoms with Crippen LogP contribution in [0.25, 0.3) is 5.82 Å². The van der Waals surface area contributed by atoms with E-state index in [0.717, 1.165) is 51.0 Å². The zero-order valence-corrected chi connectivity index (χ0v) is 23.1. The summed E-state index contributed by atoms with van der Waals surface area (Å²) in [5.74, 6) is 0.916. The van der Waals surface area contributed by atoms with E-state index in [1.165, 1.54) is 0 Å². The van der Waals surface area contributed by atoms with Crippen LogP contribution in [-0.2, 0) is 4.79 Å².